The largest absolute Gasteiger partial charge is 0.342 e. The lowest BCUT2D eigenvalue weighted by Crippen LogP contribution is -2.45. The number of rotatable bonds is 2. The maximum absolute atomic E-state index is 13.0. The SMILES string of the molecule is O=C(C1C=C(c2ccccc2)SC1Cl)N1CCC2(CCCC2)CC1. The molecule has 3 aliphatic rings. The normalized spacial score (nSPS) is 29.0. The summed E-state index contributed by atoms with van der Waals surface area (Å²) in [7, 11) is 0. The van der Waals surface area contributed by atoms with Crippen LogP contribution in [0.4, 0.5) is 0 Å². The second-order valence-electron chi connectivity index (χ2n) is 7.42. The van der Waals surface area contributed by atoms with Crippen molar-refractivity contribution in [2.45, 2.75) is 43.2 Å². The van der Waals surface area contributed by atoms with Crippen molar-refractivity contribution < 1.29 is 4.79 Å². The quantitative estimate of drug-likeness (QED) is 0.680. The Balaban J connectivity index is 1.44. The maximum atomic E-state index is 13.0. The third-order valence-electron chi connectivity index (χ3n) is 6.00. The first-order valence-electron chi connectivity index (χ1n) is 9.04. The summed E-state index contributed by atoms with van der Waals surface area (Å²) in [5.74, 6) is 0.0331. The van der Waals surface area contributed by atoms with Gasteiger partial charge in [-0.3, -0.25) is 4.79 Å². The number of nitrogens with zero attached hydrogens (tertiary/aromatic N) is 1. The zero-order chi connectivity index (χ0) is 16.6. The van der Waals surface area contributed by atoms with Crippen molar-refractivity contribution in [2.24, 2.45) is 11.3 Å². The Morgan fingerprint density at radius 3 is 2.42 bits per heavy atom. The van der Waals surface area contributed by atoms with Crippen LogP contribution in [-0.2, 0) is 4.79 Å². The van der Waals surface area contributed by atoms with E-state index < -0.39 is 0 Å². The number of thioether (sulfide) groups is 1. The summed E-state index contributed by atoms with van der Waals surface area (Å²) in [4.78, 5) is 16.2. The van der Waals surface area contributed by atoms with Crippen LogP contribution in [0.5, 0.6) is 0 Å². The molecule has 1 spiro atoms. The van der Waals surface area contributed by atoms with Crippen LogP contribution in [0.15, 0.2) is 36.4 Å². The van der Waals surface area contributed by atoms with Crippen LogP contribution in [-0.4, -0.2) is 28.6 Å². The number of halogens is 1. The average Bonchev–Trinajstić information content (AvgIpc) is 3.23. The smallest absolute Gasteiger partial charge is 0.231 e. The van der Waals surface area contributed by atoms with E-state index in [0.717, 1.165) is 23.6 Å². The minimum Gasteiger partial charge on any atom is -0.342 e. The molecular weight excluding hydrogens is 338 g/mol. The van der Waals surface area contributed by atoms with Crippen molar-refractivity contribution >= 4 is 34.2 Å². The van der Waals surface area contributed by atoms with E-state index in [9.17, 15) is 4.79 Å². The lowest BCUT2D eigenvalue weighted by atomic mass is 9.77. The molecule has 2 unspecified atom stereocenters. The second-order valence-corrected chi connectivity index (χ2v) is 9.34. The van der Waals surface area contributed by atoms with Crippen molar-refractivity contribution in [3.05, 3.63) is 42.0 Å². The fourth-order valence-corrected chi connectivity index (χ4v) is 6.01. The predicted molar refractivity (Wildman–Crippen MR) is 102 cm³/mol. The molecule has 1 aliphatic carbocycles. The fraction of sp³-hybridized carbons (Fsp3) is 0.550. The van der Waals surface area contributed by atoms with Gasteiger partial charge < -0.3 is 4.90 Å². The molecule has 2 atom stereocenters. The molecule has 1 aromatic rings. The standard InChI is InChI=1S/C20H24ClNOS/c21-18-16(14-17(24-18)15-6-2-1-3-7-15)19(23)22-12-10-20(11-13-22)8-4-5-9-20/h1-3,6-7,14,16,18H,4-5,8-13H2. The molecule has 24 heavy (non-hydrogen) atoms. The lowest BCUT2D eigenvalue weighted by molar-refractivity contribution is -0.135. The zero-order valence-corrected chi connectivity index (χ0v) is 15.5. The van der Waals surface area contributed by atoms with Gasteiger partial charge in [-0.1, -0.05) is 49.2 Å². The van der Waals surface area contributed by atoms with Crippen LogP contribution in [0.2, 0.25) is 0 Å². The molecule has 0 aromatic heterocycles. The molecule has 2 aliphatic heterocycles. The summed E-state index contributed by atoms with van der Waals surface area (Å²) in [6.45, 7) is 1.83. The Hall–Kier alpha value is -0.930. The van der Waals surface area contributed by atoms with Crippen LogP contribution < -0.4 is 0 Å². The molecular formula is C20H24ClNOS. The second kappa shape index (κ2) is 6.76. The minimum atomic E-state index is -0.190. The van der Waals surface area contributed by atoms with Crippen molar-refractivity contribution in [1.82, 2.24) is 4.90 Å². The fourth-order valence-electron chi connectivity index (χ4n) is 4.46. The zero-order valence-electron chi connectivity index (χ0n) is 13.9. The Kier molecular flexibility index (Phi) is 4.66. The van der Waals surface area contributed by atoms with E-state index in [2.05, 4.69) is 23.1 Å². The first-order chi connectivity index (χ1) is 11.7. The summed E-state index contributed by atoms with van der Waals surface area (Å²) in [6, 6.07) is 10.2. The molecule has 1 amide bonds. The summed E-state index contributed by atoms with van der Waals surface area (Å²) < 4.78 is -0.185. The van der Waals surface area contributed by atoms with Crippen LogP contribution in [0.1, 0.15) is 44.1 Å². The number of likely N-dealkylation sites (tertiary alicyclic amines) is 1. The van der Waals surface area contributed by atoms with Gasteiger partial charge in [-0.05, 0) is 36.7 Å². The third kappa shape index (κ3) is 3.13. The molecule has 128 valence electrons. The van der Waals surface area contributed by atoms with Gasteiger partial charge in [-0.15, -0.1) is 23.4 Å². The van der Waals surface area contributed by atoms with E-state index >= 15 is 0 Å². The third-order valence-corrected chi connectivity index (χ3v) is 7.68. The van der Waals surface area contributed by atoms with E-state index in [1.54, 1.807) is 11.8 Å². The number of hydrogen-bond donors (Lipinski definition) is 0. The Labute approximate surface area is 153 Å². The van der Waals surface area contributed by atoms with Gasteiger partial charge in [-0.2, -0.15) is 0 Å². The number of amides is 1. The highest BCUT2D eigenvalue weighted by Crippen LogP contribution is 2.48. The highest BCUT2D eigenvalue weighted by atomic mass is 35.5. The highest BCUT2D eigenvalue weighted by molar-refractivity contribution is 8.10. The van der Waals surface area contributed by atoms with E-state index in [1.807, 2.05) is 18.2 Å². The van der Waals surface area contributed by atoms with Crippen molar-refractivity contribution in [3.63, 3.8) is 0 Å². The first kappa shape index (κ1) is 16.5. The molecule has 1 saturated heterocycles. The van der Waals surface area contributed by atoms with E-state index in [-0.39, 0.29) is 16.5 Å². The molecule has 4 heteroatoms. The number of carbonyl (C=O) groups is 1. The van der Waals surface area contributed by atoms with Gasteiger partial charge in [-0.25, -0.2) is 0 Å². The van der Waals surface area contributed by atoms with Gasteiger partial charge in [0.2, 0.25) is 5.91 Å². The Bertz CT molecular complexity index is 628. The number of hydrogen-bond acceptors (Lipinski definition) is 2. The summed E-state index contributed by atoms with van der Waals surface area (Å²) >= 11 is 8.14. The number of alkyl halides is 1. The number of benzene rings is 1. The number of carbonyl (C=O) groups excluding carboxylic acids is 1. The van der Waals surface area contributed by atoms with Gasteiger partial charge in [0.1, 0.15) is 0 Å². The number of piperidine rings is 1. The van der Waals surface area contributed by atoms with Gasteiger partial charge in [0, 0.05) is 18.0 Å². The van der Waals surface area contributed by atoms with E-state index in [4.69, 9.17) is 11.6 Å². The van der Waals surface area contributed by atoms with Gasteiger partial charge >= 0.3 is 0 Å². The molecule has 0 N–H and O–H groups in total. The molecule has 2 heterocycles. The van der Waals surface area contributed by atoms with Crippen LogP contribution in [0.3, 0.4) is 0 Å². The van der Waals surface area contributed by atoms with Gasteiger partial charge in [0.25, 0.3) is 0 Å². The van der Waals surface area contributed by atoms with Gasteiger partial charge in [0.05, 0.1) is 10.6 Å². The van der Waals surface area contributed by atoms with Crippen molar-refractivity contribution in [2.75, 3.05) is 13.1 Å². The monoisotopic (exact) mass is 361 g/mol. The lowest BCUT2D eigenvalue weighted by Gasteiger charge is -2.40. The molecule has 0 radical (unpaired) electrons. The topological polar surface area (TPSA) is 20.3 Å². The van der Waals surface area contributed by atoms with Gasteiger partial charge in [0.15, 0.2) is 0 Å². The summed E-state index contributed by atoms with van der Waals surface area (Å²) in [5.41, 5.74) is 1.71. The van der Waals surface area contributed by atoms with E-state index in [1.165, 1.54) is 38.5 Å². The molecule has 1 aromatic carbocycles. The molecule has 2 fully saturated rings. The summed E-state index contributed by atoms with van der Waals surface area (Å²) in [5, 5.41) is 0. The first-order valence-corrected chi connectivity index (χ1v) is 10.4. The van der Waals surface area contributed by atoms with Crippen molar-refractivity contribution in [3.8, 4) is 0 Å². The van der Waals surface area contributed by atoms with E-state index in [0.29, 0.717) is 5.41 Å². The Morgan fingerprint density at radius 1 is 1.08 bits per heavy atom. The van der Waals surface area contributed by atoms with Crippen LogP contribution in [0, 0.1) is 11.3 Å². The molecule has 0 bridgehead atoms. The Morgan fingerprint density at radius 2 is 1.75 bits per heavy atom. The highest BCUT2D eigenvalue weighted by Gasteiger charge is 2.41. The van der Waals surface area contributed by atoms with Crippen LogP contribution in [0.25, 0.3) is 4.91 Å². The molecule has 1 saturated carbocycles. The maximum Gasteiger partial charge on any atom is 0.231 e. The molecule has 4 rings (SSSR count). The summed E-state index contributed by atoms with van der Waals surface area (Å²) in [6.07, 6.45) is 9.93. The predicted octanol–water partition coefficient (Wildman–Crippen LogP) is 5.14. The minimum absolute atomic E-state index is 0.185. The molecule has 2 nitrogen and oxygen atoms in total. The van der Waals surface area contributed by atoms with Crippen LogP contribution >= 0.6 is 23.4 Å². The average molecular weight is 362 g/mol. The van der Waals surface area contributed by atoms with Crippen molar-refractivity contribution in [1.29, 1.82) is 0 Å².